The van der Waals surface area contributed by atoms with E-state index in [4.69, 9.17) is 5.11 Å². The molecule has 0 atom stereocenters. The van der Waals surface area contributed by atoms with E-state index in [9.17, 15) is 4.79 Å². The molecule has 17 heavy (non-hydrogen) atoms. The normalized spacial score (nSPS) is 15.9. The Morgan fingerprint density at radius 1 is 1.41 bits per heavy atom. The Kier molecular flexibility index (Phi) is 3.59. The Labute approximate surface area is 101 Å². The molecule has 0 amide bonds. The van der Waals surface area contributed by atoms with Crippen LogP contribution in [0.25, 0.3) is 0 Å². The largest absolute Gasteiger partial charge is 0.478 e. The lowest BCUT2D eigenvalue weighted by molar-refractivity contribution is -0.131. The third-order valence-electron chi connectivity index (χ3n) is 3.09. The van der Waals surface area contributed by atoms with Crippen molar-refractivity contribution in [2.75, 3.05) is 6.54 Å². The minimum atomic E-state index is -0.876. The smallest absolute Gasteiger partial charge is 0.328 e. The Hall–Kier alpha value is -1.61. The molecule has 0 unspecified atom stereocenters. The predicted molar refractivity (Wildman–Crippen MR) is 67.0 cm³/mol. The first-order chi connectivity index (χ1) is 8.15. The minimum absolute atomic E-state index is 0.435. The van der Waals surface area contributed by atoms with Gasteiger partial charge >= 0.3 is 5.97 Å². The number of carboxylic acids is 1. The topological polar surface area (TPSA) is 49.3 Å². The van der Waals surface area contributed by atoms with Gasteiger partial charge in [0.2, 0.25) is 0 Å². The molecule has 0 radical (unpaired) electrons. The molecule has 0 heterocycles. The molecule has 2 N–H and O–H groups in total. The average Bonchev–Trinajstić information content (AvgIpc) is 2.68. The predicted octanol–water partition coefficient (Wildman–Crippen LogP) is 1.77. The van der Waals surface area contributed by atoms with Crippen LogP contribution in [0, 0.1) is 0 Å². The van der Waals surface area contributed by atoms with Crippen LogP contribution in [0.15, 0.2) is 35.9 Å². The first-order valence-corrected chi connectivity index (χ1v) is 5.85. The van der Waals surface area contributed by atoms with E-state index in [2.05, 4.69) is 29.6 Å². The quantitative estimate of drug-likeness (QED) is 0.776. The van der Waals surface area contributed by atoms with Crippen molar-refractivity contribution in [1.82, 2.24) is 5.32 Å². The molecule has 0 bridgehead atoms. The van der Waals surface area contributed by atoms with Crippen LogP contribution in [-0.4, -0.2) is 23.7 Å². The van der Waals surface area contributed by atoms with Gasteiger partial charge in [0.25, 0.3) is 0 Å². The fourth-order valence-corrected chi connectivity index (χ4v) is 2.27. The van der Waals surface area contributed by atoms with Gasteiger partial charge in [0.1, 0.15) is 0 Å². The highest BCUT2D eigenvalue weighted by Gasteiger charge is 2.19. The molecular weight excluding hydrogens is 214 g/mol. The number of hydrogen-bond acceptors (Lipinski definition) is 2. The van der Waals surface area contributed by atoms with Crippen molar-refractivity contribution >= 4 is 5.97 Å². The summed E-state index contributed by atoms with van der Waals surface area (Å²) in [7, 11) is 0. The fourth-order valence-electron chi connectivity index (χ4n) is 2.27. The van der Waals surface area contributed by atoms with E-state index in [-0.39, 0.29) is 0 Å². The summed E-state index contributed by atoms with van der Waals surface area (Å²) in [6.07, 6.45) is 3.34. The van der Waals surface area contributed by atoms with E-state index < -0.39 is 5.97 Å². The van der Waals surface area contributed by atoms with Gasteiger partial charge in [-0.05, 0) is 30.9 Å². The summed E-state index contributed by atoms with van der Waals surface area (Å²) >= 11 is 0. The van der Waals surface area contributed by atoms with Crippen LogP contribution in [0.1, 0.15) is 18.1 Å². The highest BCUT2D eigenvalue weighted by Crippen LogP contribution is 2.21. The van der Waals surface area contributed by atoms with Crippen LogP contribution in [-0.2, 0) is 17.6 Å². The van der Waals surface area contributed by atoms with E-state index in [1.807, 2.05) is 6.92 Å². The molecule has 1 aliphatic rings. The fraction of sp³-hybridized carbons (Fsp3) is 0.357. The molecule has 90 valence electrons. The van der Waals surface area contributed by atoms with Gasteiger partial charge in [-0.1, -0.05) is 29.8 Å². The SMILES string of the molecule is C/C(=C/C(=O)O)CNC1Cc2ccccc2C1. The maximum absolute atomic E-state index is 10.5. The van der Waals surface area contributed by atoms with Gasteiger partial charge < -0.3 is 10.4 Å². The minimum Gasteiger partial charge on any atom is -0.478 e. The Morgan fingerprint density at radius 2 is 2.00 bits per heavy atom. The van der Waals surface area contributed by atoms with E-state index in [0.717, 1.165) is 18.4 Å². The molecule has 0 fully saturated rings. The maximum Gasteiger partial charge on any atom is 0.328 e. The highest BCUT2D eigenvalue weighted by molar-refractivity contribution is 5.80. The summed E-state index contributed by atoms with van der Waals surface area (Å²) in [4.78, 5) is 10.5. The molecule has 0 aliphatic heterocycles. The lowest BCUT2D eigenvalue weighted by Crippen LogP contribution is -2.31. The second-order valence-corrected chi connectivity index (χ2v) is 4.58. The van der Waals surface area contributed by atoms with Crippen molar-refractivity contribution in [3.63, 3.8) is 0 Å². The molecule has 0 spiro atoms. The number of hydrogen-bond donors (Lipinski definition) is 2. The van der Waals surface area contributed by atoms with Crippen LogP contribution < -0.4 is 5.32 Å². The van der Waals surface area contributed by atoms with E-state index in [1.165, 1.54) is 17.2 Å². The number of carbonyl (C=O) groups is 1. The monoisotopic (exact) mass is 231 g/mol. The van der Waals surface area contributed by atoms with Crippen molar-refractivity contribution in [3.05, 3.63) is 47.0 Å². The van der Waals surface area contributed by atoms with Gasteiger partial charge in [-0.15, -0.1) is 0 Å². The average molecular weight is 231 g/mol. The van der Waals surface area contributed by atoms with Gasteiger partial charge in [0, 0.05) is 18.7 Å². The highest BCUT2D eigenvalue weighted by atomic mass is 16.4. The number of aliphatic carboxylic acids is 1. The van der Waals surface area contributed by atoms with Crippen LogP contribution in [0.5, 0.6) is 0 Å². The zero-order valence-corrected chi connectivity index (χ0v) is 9.94. The lowest BCUT2D eigenvalue weighted by Gasteiger charge is -2.11. The second-order valence-electron chi connectivity index (χ2n) is 4.58. The zero-order valence-electron chi connectivity index (χ0n) is 9.94. The van der Waals surface area contributed by atoms with Gasteiger partial charge in [0.05, 0.1) is 0 Å². The molecular formula is C14H17NO2. The molecule has 1 aromatic rings. The van der Waals surface area contributed by atoms with Crippen molar-refractivity contribution in [2.24, 2.45) is 0 Å². The third kappa shape index (κ3) is 3.17. The maximum atomic E-state index is 10.5. The first kappa shape index (κ1) is 11.9. The molecule has 0 saturated carbocycles. The molecule has 1 aliphatic carbocycles. The van der Waals surface area contributed by atoms with Crippen LogP contribution in [0.4, 0.5) is 0 Å². The van der Waals surface area contributed by atoms with Crippen LogP contribution >= 0.6 is 0 Å². The lowest BCUT2D eigenvalue weighted by atomic mass is 10.1. The number of carboxylic acid groups (broad SMARTS) is 1. The van der Waals surface area contributed by atoms with Crippen molar-refractivity contribution in [2.45, 2.75) is 25.8 Å². The Balaban J connectivity index is 1.86. The number of rotatable bonds is 4. The van der Waals surface area contributed by atoms with Gasteiger partial charge in [-0.3, -0.25) is 0 Å². The van der Waals surface area contributed by atoms with E-state index in [0.29, 0.717) is 12.6 Å². The van der Waals surface area contributed by atoms with Crippen molar-refractivity contribution in [3.8, 4) is 0 Å². The summed E-state index contributed by atoms with van der Waals surface area (Å²) in [6, 6.07) is 8.89. The number of fused-ring (bicyclic) bond motifs is 1. The van der Waals surface area contributed by atoms with Crippen LogP contribution in [0.3, 0.4) is 0 Å². The molecule has 2 rings (SSSR count). The Morgan fingerprint density at radius 3 is 2.53 bits per heavy atom. The van der Waals surface area contributed by atoms with E-state index >= 15 is 0 Å². The standard InChI is InChI=1S/C14H17NO2/c1-10(6-14(16)17)9-15-13-7-11-4-2-3-5-12(11)8-13/h2-6,13,15H,7-9H2,1H3,(H,16,17)/b10-6-. The van der Waals surface area contributed by atoms with Gasteiger partial charge in [-0.2, -0.15) is 0 Å². The van der Waals surface area contributed by atoms with Crippen LogP contribution in [0.2, 0.25) is 0 Å². The molecule has 1 aromatic carbocycles. The number of benzene rings is 1. The molecule has 0 aromatic heterocycles. The van der Waals surface area contributed by atoms with Crippen molar-refractivity contribution in [1.29, 1.82) is 0 Å². The Bertz CT molecular complexity index is 426. The summed E-state index contributed by atoms with van der Waals surface area (Å²) in [5, 5.41) is 12.0. The van der Waals surface area contributed by atoms with E-state index in [1.54, 1.807) is 0 Å². The summed E-state index contributed by atoms with van der Waals surface area (Å²) < 4.78 is 0. The zero-order chi connectivity index (χ0) is 12.3. The molecule has 3 heteroatoms. The molecule has 0 saturated heterocycles. The second kappa shape index (κ2) is 5.15. The first-order valence-electron chi connectivity index (χ1n) is 5.85. The summed E-state index contributed by atoms with van der Waals surface area (Å²) in [5.41, 5.74) is 3.67. The third-order valence-corrected chi connectivity index (χ3v) is 3.09. The summed E-state index contributed by atoms with van der Waals surface area (Å²) in [5.74, 6) is -0.876. The number of nitrogens with one attached hydrogen (secondary N) is 1. The summed E-state index contributed by atoms with van der Waals surface area (Å²) in [6.45, 7) is 2.48. The van der Waals surface area contributed by atoms with Gasteiger partial charge in [0.15, 0.2) is 0 Å². The molecule has 3 nitrogen and oxygen atoms in total. The van der Waals surface area contributed by atoms with Gasteiger partial charge in [-0.25, -0.2) is 4.79 Å². The van der Waals surface area contributed by atoms with Crippen molar-refractivity contribution < 1.29 is 9.90 Å².